The second-order valence-corrected chi connectivity index (χ2v) is 6.44. The molecule has 0 bridgehead atoms. The Morgan fingerprint density at radius 3 is 2.87 bits per heavy atom. The van der Waals surface area contributed by atoms with E-state index in [1.807, 2.05) is 32.0 Å². The van der Waals surface area contributed by atoms with E-state index in [9.17, 15) is 9.59 Å². The number of nitrogens with zero attached hydrogens (tertiary/aromatic N) is 3. The number of hydrogen-bond acceptors (Lipinski definition) is 5. The quantitative estimate of drug-likeness (QED) is 0.792. The summed E-state index contributed by atoms with van der Waals surface area (Å²) in [5, 5.41) is 3.36. The number of nitrogens with one attached hydrogen (secondary N) is 1. The summed E-state index contributed by atoms with van der Waals surface area (Å²) in [6.45, 7) is 4.15. The Kier molecular flexibility index (Phi) is 4.20. The van der Waals surface area contributed by atoms with Gasteiger partial charge in [-0.1, -0.05) is 6.07 Å². The van der Waals surface area contributed by atoms with Gasteiger partial charge in [-0.15, -0.1) is 11.3 Å². The molecule has 6 nitrogen and oxygen atoms in total. The van der Waals surface area contributed by atoms with Crippen molar-refractivity contribution in [3.05, 3.63) is 57.2 Å². The van der Waals surface area contributed by atoms with Crippen molar-refractivity contribution in [3.63, 3.8) is 0 Å². The standard InChI is InChI=1S/C16H16N4O2S/c1-10-11(2)23-15-14(10)16(22)20(9-19-15)8-13(21)18-7-12-5-3-4-6-17-12/h3-6,9H,7-8H2,1-2H3,(H,18,21). The lowest BCUT2D eigenvalue weighted by molar-refractivity contribution is -0.121. The Bertz CT molecular complexity index is 915. The summed E-state index contributed by atoms with van der Waals surface area (Å²) in [5.74, 6) is -0.247. The van der Waals surface area contributed by atoms with Crippen LogP contribution in [0.4, 0.5) is 0 Å². The van der Waals surface area contributed by atoms with Crippen LogP contribution >= 0.6 is 11.3 Å². The molecule has 3 rings (SSSR count). The SMILES string of the molecule is Cc1sc2ncn(CC(=O)NCc3ccccn3)c(=O)c2c1C. The number of carbonyl (C=O) groups excluding carboxylic acids is 1. The normalized spacial score (nSPS) is 10.9. The summed E-state index contributed by atoms with van der Waals surface area (Å²) < 4.78 is 1.34. The maximum atomic E-state index is 12.5. The van der Waals surface area contributed by atoms with Crippen LogP contribution in [0.5, 0.6) is 0 Å². The first-order chi connectivity index (χ1) is 11.1. The van der Waals surface area contributed by atoms with E-state index in [4.69, 9.17) is 0 Å². The summed E-state index contributed by atoms with van der Waals surface area (Å²) in [5.41, 5.74) is 1.53. The Balaban J connectivity index is 1.76. The van der Waals surface area contributed by atoms with Crippen molar-refractivity contribution in [1.82, 2.24) is 19.9 Å². The van der Waals surface area contributed by atoms with Gasteiger partial charge in [0.1, 0.15) is 11.4 Å². The van der Waals surface area contributed by atoms with Crippen LogP contribution in [0.3, 0.4) is 0 Å². The number of amides is 1. The number of aromatic nitrogens is 3. The molecule has 1 amide bonds. The molecule has 0 saturated carbocycles. The van der Waals surface area contributed by atoms with E-state index in [-0.39, 0.29) is 18.0 Å². The highest BCUT2D eigenvalue weighted by atomic mass is 32.1. The van der Waals surface area contributed by atoms with Crippen LogP contribution in [-0.4, -0.2) is 20.4 Å². The van der Waals surface area contributed by atoms with Crippen molar-refractivity contribution >= 4 is 27.5 Å². The Hall–Kier alpha value is -2.54. The van der Waals surface area contributed by atoms with Crippen LogP contribution in [0, 0.1) is 13.8 Å². The van der Waals surface area contributed by atoms with Crippen LogP contribution in [-0.2, 0) is 17.9 Å². The van der Waals surface area contributed by atoms with E-state index in [0.29, 0.717) is 11.9 Å². The average Bonchev–Trinajstić information content (AvgIpc) is 2.84. The van der Waals surface area contributed by atoms with E-state index < -0.39 is 0 Å². The number of carbonyl (C=O) groups is 1. The zero-order valence-corrected chi connectivity index (χ0v) is 13.7. The fourth-order valence-corrected chi connectivity index (χ4v) is 3.27. The Morgan fingerprint density at radius 1 is 1.30 bits per heavy atom. The molecule has 0 spiro atoms. The highest BCUT2D eigenvalue weighted by Gasteiger charge is 2.13. The van der Waals surface area contributed by atoms with Gasteiger partial charge in [0.15, 0.2) is 0 Å². The molecule has 0 atom stereocenters. The van der Waals surface area contributed by atoms with Crippen molar-refractivity contribution in [2.75, 3.05) is 0 Å². The van der Waals surface area contributed by atoms with Gasteiger partial charge in [-0.25, -0.2) is 4.98 Å². The predicted molar refractivity (Wildman–Crippen MR) is 89.4 cm³/mol. The molecule has 3 heterocycles. The molecule has 1 N–H and O–H groups in total. The lowest BCUT2D eigenvalue weighted by Crippen LogP contribution is -2.32. The lowest BCUT2D eigenvalue weighted by atomic mass is 10.2. The fraction of sp³-hybridized carbons (Fsp3) is 0.250. The number of thiophene rings is 1. The fourth-order valence-electron chi connectivity index (χ4n) is 2.29. The van der Waals surface area contributed by atoms with Crippen molar-refractivity contribution in [2.45, 2.75) is 26.9 Å². The van der Waals surface area contributed by atoms with Gasteiger partial charge in [-0.05, 0) is 31.5 Å². The largest absolute Gasteiger partial charge is 0.349 e. The molecule has 0 aliphatic heterocycles. The predicted octanol–water partition coefficient (Wildman–Crippen LogP) is 1.79. The third kappa shape index (κ3) is 3.14. The van der Waals surface area contributed by atoms with Crippen LogP contribution < -0.4 is 10.9 Å². The second-order valence-electron chi connectivity index (χ2n) is 5.24. The number of pyridine rings is 1. The molecule has 0 unspecified atom stereocenters. The molecule has 3 aromatic rings. The van der Waals surface area contributed by atoms with Crippen molar-refractivity contribution in [1.29, 1.82) is 0 Å². The zero-order chi connectivity index (χ0) is 16.4. The summed E-state index contributed by atoms with van der Waals surface area (Å²) >= 11 is 1.49. The Labute approximate surface area is 136 Å². The molecule has 0 aliphatic rings. The van der Waals surface area contributed by atoms with Gasteiger partial charge in [0.2, 0.25) is 5.91 Å². The van der Waals surface area contributed by atoms with Gasteiger partial charge < -0.3 is 5.32 Å². The third-order valence-corrected chi connectivity index (χ3v) is 4.78. The van der Waals surface area contributed by atoms with E-state index >= 15 is 0 Å². The molecule has 0 saturated heterocycles. The van der Waals surface area contributed by atoms with E-state index in [2.05, 4.69) is 15.3 Å². The van der Waals surface area contributed by atoms with Crippen LogP contribution in [0.2, 0.25) is 0 Å². The van der Waals surface area contributed by atoms with Crippen LogP contribution in [0.1, 0.15) is 16.1 Å². The number of hydrogen-bond donors (Lipinski definition) is 1. The monoisotopic (exact) mass is 328 g/mol. The van der Waals surface area contributed by atoms with E-state index in [1.54, 1.807) is 6.20 Å². The molecule has 0 aliphatic carbocycles. The van der Waals surface area contributed by atoms with Crippen LogP contribution in [0.25, 0.3) is 10.2 Å². The summed E-state index contributed by atoms with van der Waals surface area (Å²) in [6.07, 6.45) is 3.10. The lowest BCUT2D eigenvalue weighted by Gasteiger charge is -2.07. The minimum atomic E-state index is -0.247. The summed E-state index contributed by atoms with van der Waals surface area (Å²) in [7, 11) is 0. The molecule has 7 heteroatoms. The third-order valence-electron chi connectivity index (χ3n) is 3.66. The van der Waals surface area contributed by atoms with Gasteiger partial charge in [-0.2, -0.15) is 0 Å². The van der Waals surface area contributed by atoms with Crippen molar-refractivity contribution in [2.24, 2.45) is 0 Å². The highest BCUT2D eigenvalue weighted by Crippen LogP contribution is 2.25. The smallest absolute Gasteiger partial charge is 0.262 e. The first-order valence-electron chi connectivity index (χ1n) is 7.18. The molecule has 0 aromatic carbocycles. The van der Waals surface area contributed by atoms with Gasteiger partial charge in [0.25, 0.3) is 5.56 Å². The Morgan fingerprint density at radius 2 is 2.13 bits per heavy atom. The number of rotatable bonds is 4. The molecule has 0 fully saturated rings. The second kappa shape index (κ2) is 6.29. The maximum absolute atomic E-state index is 12.5. The molecular formula is C16H16N4O2S. The number of aryl methyl sites for hydroxylation is 2. The number of fused-ring (bicyclic) bond motifs is 1. The van der Waals surface area contributed by atoms with Crippen molar-refractivity contribution < 1.29 is 4.79 Å². The van der Waals surface area contributed by atoms with Gasteiger partial charge in [0, 0.05) is 11.1 Å². The van der Waals surface area contributed by atoms with Gasteiger partial charge in [-0.3, -0.25) is 19.1 Å². The minimum absolute atomic E-state index is 0.0526. The van der Waals surface area contributed by atoms with E-state index in [0.717, 1.165) is 21.0 Å². The first-order valence-corrected chi connectivity index (χ1v) is 7.99. The molecule has 118 valence electrons. The highest BCUT2D eigenvalue weighted by molar-refractivity contribution is 7.18. The summed E-state index contributed by atoms with van der Waals surface area (Å²) in [4.78, 5) is 34.8. The summed E-state index contributed by atoms with van der Waals surface area (Å²) in [6, 6.07) is 5.51. The van der Waals surface area contributed by atoms with Crippen LogP contribution in [0.15, 0.2) is 35.5 Å². The van der Waals surface area contributed by atoms with Gasteiger partial charge >= 0.3 is 0 Å². The molecule has 3 aromatic heterocycles. The maximum Gasteiger partial charge on any atom is 0.262 e. The topological polar surface area (TPSA) is 76.9 Å². The molecule has 23 heavy (non-hydrogen) atoms. The zero-order valence-electron chi connectivity index (χ0n) is 12.9. The minimum Gasteiger partial charge on any atom is -0.349 e. The molecular weight excluding hydrogens is 312 g/mol. The first kappa shape index (κ1) is 15.4. The molecule has 0 radical (unpaired) electrons. The van der Waals surface area contributed by atoms with Crippen molar-refractivity contribution in [3.8, 4) is 0 Å². The average molecular weight is 328 g/mol. The van der Waals surface area contributed by atoms with E-state index in [1.165, 1.54) is 22.2 Å². The van der Waals surface area contributed by atoms with Gasteiger partial charge in [0.05, 0.1) is 24.0 Å².